The maximum atomic E-state index is 12.6. The smallest absolute Gasteiger partial charge is 0.255 e. The number of amides is 1. The van der Waals surface area contributed by atoms with Gasteiger partial charge >= 0.3 is 0 Å². The molecule has 26 heavy (non-hydrogen) atoms. The maximum Gasteiger partial charge on any atom is 0.255 e. The molecular weight excluding hydrogens is 356 g/mol. The third-order valence-corrected chi connectivity index (χ3v) is 3.84. The second-order valence-electron chi connectivity index (χ2n) is 6.10. The van der Waals surface area contributed by atoms with Gasteiger partial charge < -0.3 is 25.3 Å². The topological polar surface area (TPSA) is 82.8 Å². The van der Waals surface area contributed by atoms with Crippen LogP contribution in [0.1, 0.15) is 24.2 Å². The Morgan fingerprint density at radius 3 is 2.54 bits per heavy atom. The van der Waals surface area contributed by atoms with E-state index in [0.29, 0.717) is 51.7 Å². The van der Waals surface area contributed by atoms with Gasteiger partial charge in [0.25, 0.3) is 5.91 Å². The standard InChI is InChI=1S/C19H23ClN2O4/c1-11(2)10-26-18-14(20)7-12(8-17(18)25-4)19(23)22-16-9-13(24-3)5-6-15(16)21/h5-9,11H,10,21H2,1-4H3,(H,22,23). The summed E-state index contributed by atoms with van der Waals surface area (Å²) in [4.78, 5) is 12.6. The Kier molecular flexibility index (Phi) is 6.58. The highest BCUT2D eigenvalue weighted by atomic mass is 35.5. The van der Waals surface area contributed by atoms with Gasteiger partial charge in [-0.05, 0) is 30.2 Å². The highest BCUT2D eigenvalue weighted by molar-refractivity contribution is 6.32. The van der Waals surface area contributed by atoms with E-state index >= 15 is 0 Å². The fourth-order valence-corrected chi connectivity index (χ4v) is 2.47. The Bertz CT molecular complexity index is 793. The molecule has 0 aliphatic carbocycles. The van der Waals surface area contributed by atoms with Crippen molar-refractivity contribution in [2.45, 2.75) is 13.8 Å². The molecule has 2 aromatic rings. The average molecular weight is 379 g/mol. The van der Waals surface area contributed by atoms with Crippen LogP contribution in [0.5, 0.6) is 17.2 Å². The number of nitrogens with one attached hydrogen (secondary N) is 1. The number of benzene rings is 2. The second-order valence-corrected chi connectivity index (χ2v) is 6.51. The highest BCUT2D eigenvalue weighted by Crippen LogP contribution is 2.37. The van der Waals surface area contributed by atoms with Crippen LogP contribution in [0.4, 0.5) is 11.4 Å². The van der Waals surface area contributed by atoms with Gasteiger partial charge in [-0.15, -0.1) is 0 Å². The number of ether oxygens (including phenoxy) is 3. The summed E-state index contributed by atoms with van der Waals surface area (Å²) >= 11 is 6.29. The van der Waals surface area contributed by atoms with E-state index in [1.54, 1.807) is 24.3 Å². The van der Waals surface area contributed by atoms with Crippen LogP contribution < -0.4 is 25.3 Å². The molecule has 2 rings (SSSR count). The summed E-state index contributed by atoms with van der Waals surface area (Å²) in [6.07, 6.45) is 0. The van der Waals surface area contributed by atoms with Crippen molar-refractivity contribution in [1.29, 1.82) is 0 Å². The Hall–Kier alpha value is -2.60. The zero-order valence-electron chi connectivity index (χ0n) is 15.3. The highest BCUT2D eigenvalue weighted by Gasteiger charge is 2.17. The van der Waals surface area contributed by atoms with Gasteiger partial charge in [-0.1, -0.05) is 25.4 Å². The summed E-state index contributed by atoms with van der Waals surface area (Å²) in [6.45, 7) is 4.55. The first-order valence-electron chi connectivity index (χ1n) is 8.11. The van der Waals surface area contributed by atoms with Gasteiger partial charge in [-0.25, -0.2) is 0 Å². The minimum absolute atomic E-state index is 0.300. The molecule has 3 N–H and O–H groups in total. The average Bonchev–Trinajstić information content (AvgIpc) is 2.61. The van der Waals surface area contributed by atoms with E-state index in [4.69, 9.17) is 31.5 Å². The summed E-state index contributed by atoms with van der Waals surface area (Å²) in [5.41, 5.74) is 7.11. The van der Waals surface area contributed by atoms with Crippen LogP contribution >= 0.6 is 11.6 Å². The molecule has 140 valence electrons. The van der Waals surface area contributed by atoms with Crippen molar-refractivity contribution in [3.63, 3.8) is 0 Å². The quantitative estimate of drug-likeness (QED) is 0.704. The number of hydrogen-bond donors (Lipinski definition) is 2. The number of nitrogens with two attached hydrogens (primary N) is 1. The largest absolute Gasteiger partial charge is 0.497 e. The number of nitrogen functional groups attached to an aromatic ring is 1. The summed E-state index contributed by atoms with van der Waals surface area (Å²) in [5.74, 6) is 1.35. The van der Waals surface area contributed by atoms with Crippen LogP contribution in [0.25, 0.3) is 0 Å². The van der Waals surface area contributed by atoms with E-state index in [9.17, 15) is 4.79 Å². The van der Waals surface area contributed by atoms with Crippen molar-refractivity contribution >= 4 is 28.9 Å². The molecule has 0 saturated heterocycles. The minimum Gasteiger partial charge on any atom is -0.497 e. The van der Waals surface area contributed by atoms with Gasteiger partial charge in [0.05, 0.1) is 37.2 Å². The van der Waals surface area contributed by atoms with E-state index in [1.807, 2.05) is 13.8 Å². The molecule has 0 unspecified atom stereocenters. The van der Waals surface area contributed by atoms with Gasteiger partial charge in [-0.3, -0.25) is 4.79 Å². The molecule has 0 fully saturated rings. The molecule has 1 amide bonds. The normalized spacial score (nSPS) is 10.5. The fraction of sp³-hybridized carbons (Fsp3) is 0.316. The van der Waals surface area contributed by atoms with Crippen molar-refractivity contribution < 1.29 is 19.0 Å². The van der Waals surface area contributed by atoms with E-state index in [-0.39, 0.29) is 5.91 Å². The fourth-order valence-electron chi connectivity index (χ4n) is 2.21. The van der Waals surface area contributed by atoms with E-state index in [1.165, 1.54) is 20.3 Å². The molecule has 0 aromatic heterocycles. The van der Waals surface area contributed by atoms with Gasteiger partial charge in [-0.2, -0.15) is 0 Å². The van der Waals surface area contributed by atoms with Crippen LogP contribution in [0.2, 0.25) is 5.02 Å². The predicted octanol–water partition coefficient (Wildman–Crippen LogP) is 4.23. The summed E-state index contributed by atoms with van der Waals surface area (Å²) in [6, 6.07) is 8.13. The zero-order valence-corrected chi connectivity index (χ0v) is 16.0. The van der Waals surface area contributed by atoms with Crippen molar-refractivity contribution in [1.82, 2.24) is 0 Å². The lowest BCUT2D eigenvalue weighted by Gasteiger charge is -2.16. The number of carbonyl (C=O) groups is 1. The molecule has 0 radical (unpaired) electrons. The lowest BCUT2D eigenvalue weighted by molar-refractivity contribution is 0.102. The lowest BCUT2D eigenvalue weighted by Crippen LogP contribution is -2.14. The van der Waals surface area contributed by atoms with Crippen molar-refractivity contribution in [3.05, 3.63) is 40.9 Å². The number of anilines is 2. The van der Waals surface area contributed by atoms with Crippen molar-refractivity contribution in [2.75, 3.05) is 31.9 Å². The van der Waals surface area contributed by atoms with Gasteiger partial charge in [0.1, 0.15) is 5.75 Å². The molecule has 0 spiro atoms. The SMILES string of the molecule is COc1ccc(N)c(NC(=O)c2cc(Cl)c(OCC(C)C)c(OC)c2)c1. The number of hydrogen-bond acceptors (Lipinski definition) is 5. The molecule has 0 saturated carbocycles. The molecule has 2 aromatic carbocycles. The van der Waals surface area contributed by atoms with Crippen LogP contribution in [0.3, 0.4) is 0 Å². The van der Waals surface area contributed by atoms with Crippen molar-refractivity contribution in [3.8, 4) is 17.2 Å². The van der Waals surface area contributed by atoms with Gasteiger partial charge in [0, 0.05) is 11.6 Å². The van der Waals surface area contributed by atoms with Gasteiger partial charge in [0.15, 0.2) is 11.5 Å². The van der Waals surface area contributed by atoms with Gasteiger partial charge in [0.2, 0.25) is 0 Å². The third kappa shape index (κ3) is 4.73. The summed E-state index contributed by atoms with van der Waals surface area (Å²) in [5, 5.41) is 3.05. The predicted molar refractivity (Wildman–Crippen MR) is 104 cm³/mol. The summed E-state index contributed by atoms with van der Waals surface area (Å²) < 4.78 is 16.2. The first-order chi connectivity index (χ1) is 12.3. The molecule has 0 aliphatic heterocycles. The number of methoxy groups -OCH3 is 2. The van der Waals surface area contributed by atoms with Crippen LogP contribution in [-0.4, -0.2) is 26.7 Å². The number of rotatable bonds is 7. The minimum atomic E-state index is -0.374. The van der Waals surface area contributed by atoms with E-state index in [2.05, 4.69) is 5.32 Å². The number of halogens is 1. The molecule has 0 heterocycles. The molecule has 0 atom stereocenters. The number of carbonyl (C=O) groups excluding carboxylic acids is 1. The maximum absolute atomic E-state index is 12.6. The van der Waals surface area contributed by atoms with E-state index < -0.39 is 0 Å². The first kappa shape index (κ1) is 19.7. The second kappa shape index (κ2) is 8.67. The molecule has 7 heteroatoms. The van der Waals surface area contributed by atoms with Crippen molar-refractivity contribution in [2.24, 2.45) is 5.92 Å². The summed E-state index contributed by atoms with van der Waals surface area (Å²) in [7, 11) is 3.03. The third-order valence-electron chi connectivity index (χ3n) is 3.56. The lowest BCUT2D eigenvalue weighted by atomic mass is 10.1. The zero-order chi connectivity index (χ0) is 19.3. The van der Waals surface area contributed by atoms with Crippen LogP contribution in [0, 0.1) is 5.92 Å². The monoisotopic (exact) mass is 378 g/mol. The van der Waals surface area contributed by atoms with E-state index in [0.717, 1.165) is 0 Å². The molecule has 6 nitrogen and oxygen atoms in total. The molecule has 0 bridgehead atoms. The Labute approximate surface area is 158 Å². The Balaban J connectivity index is 2.28. The van der Waals surface area contributed by atoms with Crippen LogP contribution in [0.15, 0.2) is 30.3 Å². The Morgan fingerprint density at radius 2 is 1.92 bits per heavy atom. The van der Waals surface area contributed by atoms with Crippen LogP contribution in [-0.2, 0) is 0 Å². The molecular formula is C19H23ClN2O4. The Morgan fingerprint density at radius 1 is 1.19 bits per heavy atom. The molecule has 0 aliphatic rings. The first-order valence-corrected chi connectivity index (χ1v) is 8.48.